The summed E-state index contributed by atoms with van der Waals surface area (Å²) in [5.74, 6) is -2.22. The molecule has 1 aromatic heterocycles. The minimum atomic E-state index is -0.913. The van der Waals surface area contributed by atoms with E-state index in [0.29, 0.717) is 6.42 Å². The van der Waals surface area contributed by atoms with Gasteiger partial charge in [0.05, 0.1) is 18.7 Å². The predicted molar refractivity (Wildman–Crippen MR) is 67.9 cm³/mol. The Bertz CT molecular complexity index is 535. The standard InChI is InChI=1S/C13H14N2O5/c16-11(7-14-12(17)10-2-1-5-20-10)15-9-4-3-8(6-9)13(18)19/h1-5,8-9H,6-7H2,(H,14,17)(H,15,16)(H,18,19). The fourth-order valence-corrected chi connectivity index (χ4v) is 1.90. The van der Waals surface area contributed by atoms with E-state index in [1.165, 1.54) is 12.3 Å². The molecule has 0 radical (unpaired) electrons. The van der Waals surface area contributed by atoms with Crippen LogP contribution in [-0.4, -0.2) is 35.5 Å². The number of carboxylic acid groups (broad SMARTS) is 1. The molecule has 0 fully saturated rings. The zero-order valence-electron chi connectivity index (χ0n) is 10.5. The van der Waals surface area contributed by atoms with Crippen molar-refractivity contribution in [2.24, 2.45) is 5.92 Å². The molecule has 2 unspecified atom stereocenters. The SMILES string of the molecule is O=C(CNC(=O)c1ccco1)NC1C=CC(C(=O)O)C1. The second kappa shape index (κ2) is 6.05. The van der Waals surface area contributed by atoms with Crippen LogP contribution in [0.2, 0.25) is 0 Å². The van der Waals surface area contributed by atoms with Gasteiger partial charge in [-0.2, -0.15) is 0 Å². The van der Waals surface area contributed by atoms with Crippen molar-refractivity contribution in [2.45, 2.75) is 12.5 Å². The summed E-state index contributed by atoms with van der Waals surface area (Å²) in [7, 11) is 0. The maximum Gasteiger partial charge on any atom is 0.310 e. The first kappa shape index (κ1) is 13.9. The molecule has 2 rings (SSSR count). The van der Waals surface area contributed by atoms with Crippen molar-refractivity contribution in [2.75, 3.05) is 6.54 Å². The molecule has 106 valence electrons. The average molecular weight is 278 g/mol. The van der Waals surface area contributed by atoms with Crippen molar-refractivity contribution in [1.82, 2.24) is 10.6 Å². The van der Waals surface area contributed by atoms with Crippen LogP contribution in [0.15, 0.2) is 35.0 Å². The van der Waals surface area contributed by atoms with Crippen LogP contribution in [0.1, 0.15) is 17.0 Å². The summed E-state index contributed by atoms with van der Waals surface area (Å²) in [4.78, 5) is 33.9. The zero-order chi connectivity index (χ0) is 14.5. The van der Waals surface area contributed by atoms with Gasteiger partial charge in [-0.05, 0) is 18.6 Å². The van der Waals surface area contributed by atoms with E-state index in [-0.39, 0.29) is 24.3 Å². The van der Waals surface area contributed by atoms with Gasteiger partial charge in [0.25, 0.3) is 5.91 Å². The van der Waals surface area contributed by atoms with Gasteiger partial charge in [-0.3, -0.25) is 14.4 Å². The first-order valence-electron chi connectivity index (χ1n) is 6.08. The lowest BCUT2D eigenvalue weighted by Gasteiger charge is -2.12. The minimum Gasteiger partial charge on any atom is -0.481 e. The van der Waals surface area contributed by atoms with E-state index in [1.807, 2.05) is 0 Å². The molecule has 1 aromatic rings. The molecule has 0 aromatic carbocycles. The second-order valence-corrected chi connectivity index (χ2v) is 4.40. The summed E-state index contributed by atoms with van der Waals surface area (Å²) >= 11 is 0. The number of carbonyl (C=O) groups excluding carboxylic acids is 2. The van der Waals surface area contributed by atoms with E-state index in [1.54, 1.807) is 18.2 Å². The van der Waals surface area contributed by atoms with Crippen LogP contribution in [0.5, 0.6) is 0 Å². The normalized spacial score (nSPS) is 20.6. The van der Waals surface area contributed by atoms with E-state index in [2.05, 4.69) is 10.6 Å². The second-order valence-electron chi connectivity index (χ2n) is 4.40. The third-order valence-corrected chi connectivity index (χ3v) is 2.90. The summed E-state index contributed by atoms with van der Waals surface area (Å²) < 4.78 is 4.88. The lowest BCUT2D eigenvalue weighted by Crippen LogP contribution is -2.41. The van der Waals surface area contributed by atoms with E-state index >= 15 is 0 Å². The summed E-state index contributed by atoms with van der Waals surface area (Å²) in [5, 5.41) is 13.9. The Balaban J connectivity index is 1.73. The molecule has 7 nitrogen and oxygen atoms in total. The van der Waals surface area contributed by atoms with E-state index in [4.69, 9.17) is 9.52 Å². The molecule has 2 atom stereocenters. The third-order valence-electron chi connectivity index (χ3n) is 2.90. The van der Waals surface area contributed by atoms with Gasteiger partial charge >= 0.3 is 5.97 Å². The minimum absolute atomic E-state index is 0.129. The van der Waals surface area contributed by atoms with Gasteiger partial charge in [-0.15, -0.1) is 0 Å². The summed E-state index contributed by atoms with van der Waals surface area (Å²) in [6.45, 7) is -0.193. The molecule has 1 aliphatic rings. The molecule has 0 saturated carbocycles. The Labute approximate surface area is 114 Å². The monoisotopic (exact) mass is 278 g/mol. The Morgan fingerprint density at radius 1 is 1.35 bits per heavy atom. The van der Waals surface area contributed by atoms with Gasteiger partial charge in [0.2, 0.25) is 5.91 Å². The van der Waals surface area contributed by atoms with Gasteiger partial charge in [0, 0.05) is 6.04 Å². The van der Waals surface area contributed by atoms with Crippen molar-refractivity contribution in [3.8, 4) is 0 Å². The number of carbonyl (C=O) groups is 3. The molecule has 20 heavy (non-hydrogen) atoms. The van der Waals surface area contributed by atoms with Crippen molar-refractivity contribution in [3.05, 3.63) is 36.3 Å². The molecule has 2 amide bonds. The van der Waals surface area contributed by atoms with Crippen molar-refractivity contribution >= 4 is 17.8 Å². The molecular weight excluding hydrogens is 264 g/mol. The van der Waals surface area contributed by atoms with E-state index < -0.39 is 17.8 Å². The highest BCUT2D eigenvalue weighted by Crippen LogP contribution is 2.17. The van der Waals surface area contributed by atoms with Crippen molar-refractivity contribution in [1.29, 1.82) is 0 Å². The number of carboxylic acids is 1. The molecule has 1 heterocycles. The summed E-state index contributed by atoms with van der Waals surface area (Å²) in [5.41, 5.74) is 0. The predicted octanol–water partition coefficient (Wildman–Crippen LogP) is 0.155. The molecule has 3 N–H and O–H groups in total. The lowest BCUT2D eigenvalue weighted by atomic mass is 10.1. The van der Waals surface area contributed by atoms with Gasteiger partial charge < -0.3 is 20.2 Å². The molecule has 0 spiro atoms. The summed E-state index contributed by atoms with van der Waals surface area (Å²) in [6, 6.07) is 2.75. The van der Waals surface area contributed by atoms with Gasteiger partial charge in [0.1, 0.15) is 0 Å². The smallest absolute Gasteiger partial charge is 0.310 e. The number of hydrogen-bond acceptors (Lipinski definition) is 4. The molecule has 0 bridgehead atoms. The Morgan fingerprint density at radius 3 is 2.75 bits per heavy atom. The maximum absolute atomic E-state index is 11.6. The molecule has 0 saturated heterocycles. The molecular formula is C13H14N2O5. The highest BCUT2D eigenvalue weighted by molar-refractivity contribution is 5.94. The van der Waals surface area contributed by atoms with Crippen molar-refractivity contribution < 1.29 is 23.9 Å². The Morgan fingerprint density at radius 2 is 2.15 bits per heavy atom. The number of furan rings is 1. The number of amides is 2. The largest absolute Gasteiger partial charge is 0.481 e. The molecule has 0 aliphatic heterocycles. The topological polar surface area (TPSA) is 109 Å². The average Bonchev–Trinajstić information content (AvgIpc) is 3.06. The van der Waals surface area contributed by atoms with Crippen LogP contribution in [0.25, 0.3) is 0 Å². The van der Waals surface area contributed by atoms with Crippen molar-refractivity contribution in [3.63, 3.8) is 0 Å². The molecule has 1 aliphatic carbocycles. The van der Waals surface area contributed by atoms with Gasteiger partial charge in [0.15, 0.2) is 5.76 Å². The van der Waals surface area contributed by atoms with Crippen LogP contribution in [0.4, 0.5) is 0 Å². The van der Waals surface area contributed by atoms with Crippen LogP contribution in [0.3, 0.4) is 0 Å². The first-order valence-corrected chi connectivity index (χ1v) is 6.08. The lowest BCUT2D eigenvalue weighted by molar-refractivity contribution is -0.140. The number of aliphatic carboxylic acids is 1. The van der Waals surface area contributed by atoms with E-state index in [9.17, 15) is 14.4 Å². The van der Waals surface area contributed by atoms with Gasteiger partial charge in [-0.25, -0.2) is 0 Å². The Hall–Kier alpha value is -2.57. The number of hydrogen-bond donors (Lipinski definition) is 3. The number of nitrogens with one attached hydrogen (secondary N) is 2. The van der Waals surface area contributed by atoms with Crippen LogP contribution >= 0.6 is 0 Å². The maximum atomic E-state index is 11.6. The van der Waals surface area contributed by atoms with Crippen LogP contribution < -0.4 is 10.6 Å². The third kappa shape index (κ3) is 3.47. The van der Waals surface area contributed by atoms with Crippen LogP contribution in [0, 0.1) is 5.92 Å². The highest BCUT2D eigenvalue weighted by atomic mass is 16.4. The fraction of sp³-hybridized carbons (Fsp3) is 0.308. The fourth-order valence-electron chi connectivity index (χ4n) is 1.90. The van der Waals surface area contributed by atoms with Crippen LogP contribution in [-0.2, 0) is 9.59 Å². The highest BCUT2D eigenvalue weighted by Gasteiger charge is 2.25. The van der Waals surface area contributed by atoms with E-state index in [0.717, 1.165) is 0 Å². The first-order chi connectivity index (χ1) is 9.56. The zero-order valence-corrected chi connectivity index (χ0v) is 10.5. The molecule has 7 heteroatoms. The van der Waals surface area contributed by atoms with Gasteiger partial charge in [-0.1, -0.05) is 12.2 Å². The summed E-state index contributed by atoms with van der Waals surface area (Å²) in [6.07, 6.45) is 4.89. The quantitative estimate of drug-likeness (QED) is 0.664. The number of rotatable bonds is 5. The Kier molecular flexibility index (Phi) is 4.19.